The number of benzene rings is 6. The third-order valence-corrected chi connectivity index (χ3v) is 7.67. The van der Waals surface area contributed by atoms with Crippen molar-refractivity contribution in [2.24, 2.45) is 0 Å². The Morgan fingerprint density at radius 3 is 1.09 bits per heavy atom. The van der Waals surface area contributed by atoms with Gasteiger partial charge in [-0.2, -0.15) is 0 Å². The second-order valence-corrected chi connectivity index (χ2v) is 10.2. The highest BCUT2D eigenvalue weighted by Crippen LogP contribution is 2.44. The molecule has 6 rings (SSSR count). The van der Waals surface area contributed by atoms with Crippen LogP contribution in [0.15, 0.2) is 109 Å². The number of hydrogen-bond donors (Lipinski definition) is 4. The van der Waals surface area contributed by atoms with Crippen LogP contribution in [0.3, 0.4) is 0 Å². The summed E-state index contributed by atoms with van der Waals surface area (Å²) >= 11 is 0. The number of carboxylic acids is 4. The molecule has 0 saturated carbocycles. The Morgan fingerprint density at radius 2 is 0.750 bits per heavy atom. The lowest BCUT2D eigenvalue weighted by Gasteiger charge is -2.21. The van der Waals surface area contributed by atoms with Crippen LogP contribution in [0.5, 0.6) is 0 Å². The van der Waals surface area contributed by atoms with Gasteiger partial charge in [0.15, 0.2) is 0 Å². The zero-order valence-corrected chi connectivity index (χ0v) is 22.8. The van der Waals surface area contributed by atoms with Gasteiger partial charge in [0.25, 0.3) is 0 Å². The molecule has 0 aliphatic carbocycles. The van der Waals surface area contributed by atoms with E-state index < -0.39 is 46.1 Å². The van der Waals surface area contributed by atoms with Crippen LogP contribution in [0.25, 0.3) is 54.9 Å². The fourth-order valence-electron chi connectivity index (χ4n) is 5.74. The molecule has 8 heteroatoms. The van der Waals surface area contributed by atoms with E-state index in [9.17, 15) is 39.6 Å². The van der Waals surface area contributed by atoms with Crippen molar-refractivity contribution in [1.29, 1.82) is 0 Å². The molecule has 0 aliphatic rings. The summed E-state index contributed by atoms with van der Waals surface area (Å²) < 4.78 is 0. The standard InChI is InChI=1S/C36H22O8/c37-33(38)27-15-13-25(29(31(27)35(41)42)23-11-9-19-5-1-3-7-21(19)17-23)26-14-16-28(34(39)40)32(36(43)44)30(26)24-12-10-20-6-2-4-8-22(20)18-24/h1-18H,(H,37,38)(H,39,40)(H,41,42)(H,43,44). The second-order valence-electron chi connectivity index (χ2n) is 10.2. The van der Waals surface area contributed by atoms with E-state index in [1.54, 1.807) is 36.4 Å². The maximum Gasteiger partial charge on any atom is 0.337 e. The molecule has 4 N–H and O–H groups in total. The smallest absolute Gasteiger partial charge is 0.337 e. The van der Waals surface area contributed by atoms with Crippen molar-refractivity contribution in [3.63, 3.8) is 0 Å². The summed E-state index contributed by atoms with van der Waals surface area (Å²) in [5.41, 5.74) is -0.493. The highest BCUT2D eigenvalue weighted by atomic mass is 16.4. The lowest BCUT2D eigenvalue weighted by molar-refractivity contribution is 0.0652. The van der Waals surface area contributed by atoms with E-state index in [1.807, 2.05) is 48.5 Å². The molecular weight excluding hydrogens is 560 g/mol. The van der Waals surface area contributed by atoms with Crippen LogP contribution in [0.2, 0.25) is 0 Å². The molecule has 0 atom stereocenters. The first-order valence-electron chi connectivity index (χ1n) is 13.4. The van der Waals surface area contributed by atoms with E-state index in [0.717, 1.165) is 21.5 Å². The van der Waals surface area contributed by atoms with Crippen LogP contribution < -0.4 is 0 Å². The molecule has 0 bridgehead atoms. The lowest BCUT2D eigenvalue weighted by Crippen LogP contribution is -2.13. The Labute approximate surface area is 249 Å². The van der Waals surface area contributed by atoms with E-state index in [4.69, 9.17) is 0 Å². The summed E-state index contributed by atoms with van der Waals surface area (Å²) in [6.45, 7) is 0. The van der Waals surface area contributed by atoms with E-state index in [0.29, 0.717) is 11.1 Å². The summed E-state index contributed by atoms with van der Waals surface area (Å²) in [6.07, 6.45) is 0. The molecule has 0 aromatic heterocycles. The Kier molecular flexibility index (Phi) is 6.87. The molecule has 6 aromatic rings. The monoisotopic (exact) mass is 582 g/mol. The average Bonchev–Trinajstić information content (AvgIpc) is 3.02. The van der Waals surface area contributed by atoms with Crippen molar-refractivity contribution in [3.8, 4) is 33.4 Å². The summed E-state index contributed by atoms with van der Waals surface area (Å²) in [4.78, 5) is 50.0. The fraction of sp³-hybridized carbons (Fsp3) is 0. The van der Waals surface area contributed by atoms with Gasteiger partial charge >= 0.3 is 23.9 Å². The number of carboxylic acid groups (broad SMARTS) is 4. The second kappa shape index (κ2) is 10.8. The highest BCUT2D eigenvalue weighted by Gasteiger charge is 2.29. The predicted molar refractivity (Wildman–Crippen MR) is 166 cm³/mol. The molecule has 8 nitrogen and oxygen atoms in total. The molecule has 0 saturated heterocycles. The summed E-state index contributed by atoms with van der Waals surface area (Å²) in [6, 6.07) is 30.4. The van der Waals surface area contributed by atoms with Crippen molar-refractivity contribution in [3.05, 3.63) is 131 Å². The Bertz CT molecular complexity index is 2040. The van der Waals surface area contributed by atoms with E-state index in [1.165, 1.54) is 24.3 Å². The minimum absolute atomic E-state index is 0.0598. The van der Waals surface area contributed by atoms with Crippen LogP contribution in [0.1, 0.15) is 41.4 Å². The van der Waals surface area contributed by atoms with Gasteiger partial charge in [0.2, 0.25) is 0 Å². The lowest BCUT2D eigenvalue weighted by atomic mass is 9.82. The molecule has 214 valence electrons. The summed E-state index contributed by atoms with van der Waals surface area (Å²) in [7, 11) is 0. The van der Waals surface area contributed by atoms with Crippen molar-refractivity contribution in [1.82, 2.24) is 0 Å². The molecule has 0 spiro atoms. The van der Waals surface area contributed by atoms with Crippen LogP contribution in [-0.2, 0) is 0 Å². The summed E-state index contributed by atoms with van der Waals surface area (Å²) in [5.74, 6) is -5.86. The minimum atomic E-state index is -1.49. The molecule has 0 heterocycles. The van der Waals surface area contributed by atoms with Gasteiger partial charge in [-0.25, -0.2) is 19.2 Å². The number of hydrogen-bond acceptors (Lipinski definition) is 4. The normalized spacial score (nSPS) is 11.0. The third-order valence-electron chi connectivity index (χ3n) is 7.67. The first kappa shape index (κ1) is 27.9. The average molecular weight is 583 g/mol. The maximum atomic E-state index is 12.8. The first-order chi connectivity index (χ1) is 21.2. The van der Waals surface area contributed by atoms with Gasteiger partial charge in [-0.15, -0.1) is 0 Å². The zero-order valence-electron chi connectivity index (χ0n) is 22.8. The molecule has 0 aliphatic heterocycles. The Balaban J connectivity index is 1.78. The van der Waals surface area contributed by atoms with E-state index in [2.05, 4.69) is 0 Å². The topological polar surface area (TPSA) is 149 Å². The summed E-state index contributed by atoms with van der Waals surface area (Å²) in [5, 5.41) is 44.0. The number of carbonyl (C=O) groups is 4. The quantitative estimate of drug-likeness (QED) is 0.149. The van der Waals surface area contributed by atoms with Crippen LogP contribution >= 0.6 is 0 Å². The predicted octanol–water partition coefficient (Wildman–Crippen LogP) is 7.79. The van der Waals surface area contributed by atoms with E-state index >= 15 is 0 Å². The van der Waals surface area contributed by atoms with Gasteiger partial charge < -0.3 is 20.4 Å². The van der Waals surface area contributed by atoms with Gasteiger partial charge in [0, 0.05) is 11.1 Å². The van der Waals surface area contributed by atoms with Crippen LogP contribution in [0.4, 0.5) is 0 Å². The van der Waals surface area contributed by atoms with Crippen molar-refractivity contribution in [2.75, 3.05) is 0 Å². The van der Waals surface area contributed by atoms with Gasteiger partial charge in [-0.05, 0) is 68.1 Å². The van der Waals surface area contributed by atoms with Crippen molar-refractivity contribution in [2.45, 2.75) is 0 Å². The van der Waals surface area contributed by atoms with Crippen molar-refractivity contribution < 1.29 is 39.6 Å². The minimum Gasteiger partial charge on any atom is -0.478 e. The van der Waals surface area contributed by atoms with Crippen LogP contribution in [-0.4, -0.2) is 44.3 Å². The molecule has 0 unspecified atom stereocenters. The maximum absolute atomic E-state index is 12.8. The largest absolute Gasteiger partial charge is 0.478 e. The fourth-order valence-corrected chi connectivity index (χ4v) is 5.74. The Hall–Kier alpha value is -6.28. The zero-order chi connectivity index (χ0) is 31.1. The molecule has 0 radical (unpaired) electrons. The number of rotatable bonds is 7. The third kappa shape index (κ3) is 4.70. The SMILES string of the molecule is O=C(O)c1ccc(-c2ccc(C(=O)O)c(C(=O)O)c2-c2ccc3ccccc3c2)c(-c2ccc3ccccc3c2)c1C(=O)O. The van der Waals surface area contributed by atoms with Crippen LogP contribution in [0, 0.1) is 0 Å². The first-order valence-corrected chi connectivity index (χ1v) is 13.4. The van der Waals surface area contributed by atoms with Gasteiger partial charge in [0.1, 0.15) is 0 Å². The molecule has 44 heavy (non-hydrogen) atoms. The van der Waals surface area contributed by atoms with E-state index in [-0.39, 0.29) is 22.3 Å². The Morgan fingerprint density at radius 1 is 0.386 bits per heavy atom. The van der Waals surface area contributed by atoms with Gasteiger partial charge in [0.05, 0.1) is 22.3 Å². The molecule has 0 amide bonds. The van der Waals surface area contributed by atoms with Gasteiger partial charge in [-0.3, -0.25) is 0 Å². The molecule has 0 fully saturated rings. The number of aromatic carboxylic acids is 4. The highest BCUT2D eigenvalue weighted by molar-refractivity contribution is 6.14. The van der Waals surface area contributed by atoms with Gasteiger partial charge in [-0.1, -0.05) is 84.9 Å². The molecular formula is C36H22O8. The van der Waals surface area contributed by atoms with Crippen molar-refractivity contribution >= 4 is 45.4 Å². The number of fused-ring (bicyclic) bond motifs is 2. The molecule has 6 aromatic carbocycles.